The summed E-state index contributed by atoms with van der Waals surface area (Å²) in [7, 11) is -3.30. The van der Waals surface area contributed by atoms with Gasteiger partial charge < -0.3 is 5.32 Å². The highest BCUT2D eigenvalue weighted by atomic mass is 32.2. The fourth-order valence-electron chi connectivity index (χ4n) is 2.24. The zero-order valence-corrected chi connectivity index (χ0v) is 13.1. The van der Waals surface area contributed by atoms with E-state index in [0.29, 0.717) is 6.54 Å². The number of carbonyl (C=O) groups is 1. The Labute approximate surface area is 126 Å². The third kappa shape index (κ3) is 5.47. The Balaban J connectivity index is 1.70. The molecule has 0 bridgehead atoms. The van der Waals surface area contributed by atoms with Crippen molar-refractivity contribution in [3.8, 4) is 0 Å². The van der Waals surface area contributed by atoms with E-state index in [1.54, 1.807) is 0 Å². The van der Waals surface area contributed by atoms with Crippen molar-refractivity contribution in [1.82, 2.24) is 9.62 Å². The molecule has 2 rings (SSSR count). The Bertz CT molecular complexity index is 568. The third-order valence-electron chi connectivity index (χ3n) is 3.49. The highest BCUT2D eigenvalue weighted by molar-refractivity contribution is 7.88. The maximum absolute atomic E-state index is 11.8. The van der Waals surface area contributed by atoms with Gasteiger partial charge in [0.2, 0.25) is 15.9 Å². The molecule has 0 unspecified atom stereocenters. The molecule has 1 N–H and O–H groups in total. The van der Waals surface area contributed by atoms with Gasteiger partial charge in [-0.3, -0.25) is 4.79 Å². The van der Waals surface area contributed by atoms with Crippen LogP contribution >= 0.6 is 0 Å². The van der Waals surface area contributed by atoms with E-state index in [-0.39, 0.29) is 18.5 Å². The van der Waals surface area contributed by atoms with Crippen LogP contribution in [0.3, 0.4) is 0 Å². The molecule has 6 heteroatoms. The maximum Gasteiger partial charge on any atom is 0.235 e. The first-order valence-electron chi connectivity index (χ1n) is 7.24. The average Bonchev–Trinajstić information content (AvgIpc) is 3.25. The molecule has 1 aromatic carbocycles. The predicted octanol–water partition coefficient (Wildman–Crippen LogP) is 1.16. The second-order valence-electron chi connectivity index (χ2n) is 5.48. The lowest BCUT2D eigenvalue weighted by atomic mass is 10.1. The van der Waals surface area contributed by atoms with Crippen LogP contribution in [-0.4, -0.2) is 44.0 Å². The van der Waals surface area contributed by atoms with E-state index in [2.05, 4.69) is 17.4 Å². The molecule has 5 nitrogen and oxygen atoms in total. The van der Waals surface area contributed by atoms with Gasteiger partial charge in [-0.05, 0) is 31.2 Å². The molecular weight excluding hydrogens is 288 g/mol. The van der Waals surface area contributed by atoms with Gasteiger partial charge in [-0.15, -0.1) is 0 Å². The Kier molecular flexibility index (Phi) is 5.36. The van der Waals surface area contributed by atoms with Crippen LogP contribution in [-0.2, 0) is 21.2 Å². The number of nitrogens with one attached hydrogen (secondary N) is 1. The van der Waals surface area contributed by atoms with Crippen molar-refractivity contribution in [3.63, 3.8) is 0 Å². The number of aryl methyl sites for hydroxylation is 1. The fraction of sp³-hybridized carbons (Fsp3) is 0.533. The first kappa shape index (κ1) is 16.0. The van der Waals surface area contributed by atoms with Crippen molar-refractivity contribution in [1.29, 1.82) is 0 Å². The summed E-state index contributed by atoms with van der Waals surface area (Å²) in [6.07, 6.45) is 4.62. The van der Waals surface area contributed by atoms with E-state index in [4.69, 9.17) is 0 Å². The number of hydrogen-bond donors (Lipinski definition) is 1. The Morgan fingerprint density at radius 3 is 2.52 bits per heavy atom. The van der Waals surface area contributed by atoms with Crippen LogP contribution in [0.25, 0.3) is 0 Å². The predicted molar refractivity (Wildman–Crippen MR) is 82.3 cm³/mol. The fourth-order valence-corrected chi connectivity index (χ4v) is 3.35. The van der Waals surface area contributed by atoms with Gasteiger partial charge in [0, 0.05) is 12.6 Å². The standard InChI is InChI=1S/C15H22N2O3S/c1-21(19,20)17(14-9-10-14)12-15(18)16-11-5-8-13-6-3-2-4-7-13/h2-4,6-7,14H,5,8-12H2,1H3,(H,16,18). The molecular formula is C15H22N2O3S. The van der Waals surface area contributed by atoms with Crippen molar-refractivity contribution in [2.24, 2.45) is 0 Å². The molecule has 0 spiro atoms. The quantitative estimate of drug-likeness (QED) is 0.733. The number of hydrogen-bond acceptors (Lipinski definition) is 3. The number of carbonyl (C=O) groups excluding carboxylic acids is 1. The molecule has 1 saturated carbocycles. The highest BCUT2D eigenvalue weighted by Crippen LogP contribution is 2.28. The monoisotopic (exact) mass is 310 g/mol. The molecule has 0 saturated heterocycles. The zero-order chi connectivity index (χ0) is 15.3. The first-order valence-corrected chi connectivity index (χ1v) is 9.09. The lowest BCUT2D eigenvalue weighted by Crippen LogP contribution is -2.41. The second kappa shape index (κ2) is 7.04. The average molecular weight is 310 g/mol. The minimum Gasteiger partial charge on any atom is -0.355 e. The minimum absolute atomic E-state index is 0.0232. The Hall–Kier alpha value is -1.40. The molecule has 1 amide bonds. The van der Waals surface area contributed by atoms with E-state index in [1.807, 2.05) is 18.2 Å². The molecule has 1 aliphatic carbocycles. The van der Waals surface area contributed by atoms with Crippen LogP contribution in [0, 0.1) is 0 Å². The maximum atomic E-state index is 11.8. The number of nitrogens with zero attached hydrogens (tertiary/aromatic N) is 1. The van der Waals surface area contributed by atoms with Crippen molar-refractivity contribution in [2.45, 2.75) is 31.7 Å². The molecule has 116 valence electrons. The SMILES string of the molecule is CS(=O)(=O)N(CC(=O)NCCCc1ccccc1)C1CC1. The number of benzene rings is 1. The van der Waals surface area contributed by atoms with E-state index in [9.17, 15) is 13.2 Å². The number of rotatable bonds is 8. The van der Waals surface area contributed by atoms with Crippen LogP contribution in [0.5, 0.6) is 0 Å². The topological polar surface area (TPSA) is 66.5 Å². The summed E-state index contributed by atoms with van der Waals surface area (Å²) in [6, 6.07) is 10.1. The summed E-state index contributed by atoms with van der Waals surface area (Å²) >= 11 is 0. The smallest absolute Gasteiger partial charge is 0.235 e. The summed E-state index contributed by atoms with van der Waals surface area (Å²) in [6.45, 7) is 0.505. The van der Waals surface area contributed by atoms with Gasteiger partial charge in [0.1, 0.15) is 0 Å². The van der Waals surface area contributed by atoms with E-state index >= 15 is 0 Å². The van der Waals surface area contributed by atoms with E-state index in [1.165, 1.54) is 9.87 Å². The molecule has 21 heavy (non-hydrogen) atoms. The van der Waals surface area contributed by atoms with Crippen molar-refractivity contribution in [2.75, 3.05) is 19.3 Å². The van der Waals surface area contributed by atoms with Crippen molar-refractivity contribution in [3.05, 3.63) is 35.9 Å². The molecule has 1 fully saturated rings. The largest absolute Gasteiger partial charge is 0.355 e. The molecule has 0 aliphatic heterocycles. The minimum atomic E-state index is -3.30. The van der Waals surface area contributed by atoms with Crippen LogP contribution in [0.2, 0.25) is 0 Å². The van der Waals surface area contributed by atoms with Crippen LogP contribution in [0.15, 0.2) is 30.3 Å². The summed E-state index contributed by atoms with van der Waals surface area (Å²) < 4.78 is 24.5. The molecule has 1 aliphatic rings. The summed E-state index contributed by atoms with van der Waals surface area (Å²) in [4.78, 5) is 11.8. The summed E-state index contributed by atoms with van der Waals surface area (Å²) in [5, 5.41) is 2.79. The van der Waals surface area contributed by atoms with Gasteiger partial charge in [0.05, 0.1) is 12.8 Å². The molecule has 0 heterocycles. The molecule has 0 atom stereocenters. The lowest BCUT2D eigenvalue weighted by molar-refractivity contribution is -0.121. The molecule has 0 radical (unpaired) electrons. The third-order valence-corrected chi connectivity index (χ3v) is 4.77. The normalized spacial score (nSPS) is 15.1. The Morgan fingerprint density at radius 1 is 1.29 bits per heavy atom. The van der Waals surface area contributed by atoms with E-state index in [0.717, 1.165) is 31.9 Å². The van der Waals surface area contributed by atoms with E-state index < -0.39 is 10.0 Å². The zero-order valence-electron chi connectivity index (χ0n) is 12.3. The Morgan fingerprint density at radius 2 is 1.95 bits per heavy atom. The van der Waals surface area contributed by atoms with Gasteiger partial charge in [-0.1, -0.05) is 30.3 Å². The van der Waals surface area contributed by atoms with Crippen LogP contribution in [0.4, 0.5) is 0 Å². The number of amides is 1. The van der Waals surface area contributed by atoms with Gasteiger partial charge >= 0.3 is 0 Å². The van der Waals surface area contributed by atoms with Gasteiger partial charge in [0.15, 0.2) is 0 Å². The van der Waals surface area contributed by atoms with Crippen LogP contribution in [0.1, 0.15) is 24.8 Å². The highest BCUT2D eigenvalue weighted by Gasteiger charge is 2.36. The van der Waals surface area contributed by atoms with Gasteiger partial charge in [-0.2, -0.15) is 4.31 Å². The van der Waals surface area contributed by atoms with Crippen molar-refractivity contribution < 1.29 is 13.2 Å². The lowest BCUT2D eigenvalue weighted by Gasteiger charge is -2.18. The van der Waals surface area contributed by atoms with Crippen LogP contribution < -0.4 is 5.32 Å². The van der Waals surface area contributed by atoms with Gasteiger partial charge in [0.25, 0.3) is 0 Å². The second-order valence-corrected chi connectivity index (χ2v) is 7.41. The molecule has 0 aromatic heterocycles. The van der Waals surface area contributed by atoms with Crippen molar-refractivity contribution >= 4 is 15.9 Å². The summed E-state index contributed by atoms with van der Waals surface area (Å²) in [5.41, 5.74) is 1.24. The number of sulfonamides is 1. The summed E-state index contributed by atoms with van der Waals surface area (Å²) in [5.74, 6) is -0.222. The molecule has 1 aromatic rings. The first-order chi connectivity index (χ1) is 9.97. The van der Waals surface area contributed by atoms with Gasteiger partial charge in [-0.25, -0.2) is 8.42 Å².